The van der Waals surface area contributed by atoms with Crippen LogP contribution in [0.3, 0.4) is 0 Å². The largest absolute Gasteiger partial charge is 0.416 e. The standard InChI is InChI=1S/C15H15BrF3NS/c1-3-20-14(11-6-7-21-9(11)2)12-5-4-10(16)8-13(12)15(17,18)19/h4-8,14,20H,3H2,1-2H3. The first kappa shape index (κ1) is 16.5. The van der Waals surface area contributed by atoms with Crippen molar-refractivity contribution in [2.75, 3.05) is 6.54 Å². The molecule has 114 valence electrons. The molecule has 0 aliphatic carbocycles. The highest BCUT2D eigenvalue weighted by Crippen LogP contribution is 2.39. The van der Waals surface area contributed by atoms with Crippen LogP contribution in [0, 0.1) is 6.92 Å². The molecule has 1 heterocycles. The molecule has 0 saturated heterocycles. The summed E-state index contributed by atoms with van der Waals surface area (Å²) in [6.45, 7) is 4.41. The Bertz CT molecular complexity index is 622. The maximum absolute atomic E-state index is 13.3. The zero-order chi connectivity index (χ0) is 15.6. The fourth-order valence-corrected chi connectivity index (χ4v) is 3.41. The van der Waals surface area contributed by atoms with E-state index < -0.39 is 17.8 Å². The van der Waals surface area contributed by atoms with Gasteiger partial charge in [-0.3, -0.25) is 0 Å². The molecule has 1 aromatic heterocycles. The molecule has 0 fully saturated rings. The average molecular weight is 378 g/mol. The molecule has 0 bridgehead atoms. The Balaban J connectivity index is 2.58. The molecule has 1 aromatic carbocycles. The monoisotopic (exact) mass is 377 g/mol. The van der Waals surface area contributed by atoms with Crippen LogP contribution >= 0.6 is 27.3 Å². The lowest BCUT2D eigenvalue weighted by molar-refractivity contribution is -0.138. The van der Waals surface area contributed by atoms with E-state index in [4.69, 9.17) is 0 Å². The normalized spacial score (nSPS) is 13.4. The number of halogens is 4. The second kappa shape index (κ2) is 6.50. The summed E-state index contributed by atoms with van der Waals surface area (Å²) in [4.78, 5) is 1.02. The first-order chi connectivity index (χ1) is 9.84. The number of hydrogen-bond donors (Lipinski definition) is 1. The van der Waals surface area contributed by atoms with E-state index in [9.17, 15) is 13.2 Å². The van der Waals surface area contributed by atoms with Crippen LogP contribution in [0.25, 0.3) is 0 Å². The summed E-state index contributed by atoms with van der Waals surface area (Å²) in [7, 11) is 0. The first-order valence-electron chi connectivity index (χ1n) is 6.48. The van der Waals surface area contributed by atoms with Crippen LogP contribution in [0.2, 0.25) is 0 Å². The van der Waals surface area contributed by atoms with Crippen molar-refractivity contribution in [1.82, 2.24) is 5.32 Å². The molecule has 0 aliphatic heterocycles. The fourth-order valence-electron chi connectivity index (χ4n) is 2.31. The van der Waals surface area contributed by atoms with E-state index in [1.54, 1.807) is 6.07 Å². The molecule has 0 radical (unpaired) electrons. The highest BCUT2D eigenvalue weighted by atomic mass is 79.9. The Morgan fingerprint density at radius 2 is 1.95 bits per heavy atom. The van der Waals surface area contributed by atoms with Gasteiger partial charge in [0.05, 0.1) is 11.6 Å². The molecule has 2 rings (SSSR count). The van der Waals surface area contributed by atoms with Crippen molar-refractivity contribution in [1.29, 1.82) is 0 Å². The minimum atomic E-state index is -4.38. The van der Waals surface area contributed by atoms with Crippen molar-refractivity contribution in [3.8, 4) is 0 Å². The summed E-state index contributed by atoms with van der Waals surface area (Å²) in [5, 5.41) is 5.07. The van der Waals surface area contributed by atoms with Gasteiger partial charge in [0, 0.05) is 9.35 Å². The highest BCUT2D eigenvalue weighted by molar-refractivity contribution is 9.10. The summed E-state index contributed by atoms with van der Waals surface area (Å²) < 4.78 is 40.4. The van der Waals surface area contributed by atoms with Crippen molar-refractivity contribution < 1.29 is 13.2 Å². The van der Waals surface area contributed by atoms with Gasteiger partial charge in [-0.1, -0.05) is 28.9 Å². The predicted molar refractivity (Wildman–Crippen MR) is 83.7 cm³/mol. The maximum atomic E-state index is 13.3. The molecule has 1 unspecified atom stereocenters. The third-order valence-electron chi connectivity index (χ3n) is 3.25. The van der Waals surface area contributed by atoms with E-state index in [1.807, 2.05) is 25.3 Å². The predicted octanol–water partition coefficient (Wildman–Crippen LogP) is 5.54. The summed E-state index contributed by atoms with van der Waals surface area (Å²) in [5.74, 6) is 0. The zero-order valence-electron chi connectivity index (χ0n) is 11.6. The Hall–Kier alpha value is -0.850. The number of alkyl halides is 3. The molecule has 0 spiro atoms. The van der Waals surface area contributed by atoms with Gasteiger partial charge in [-0.25, -0.2) is 0 Å². The van der Waals surface area contributed by atoms with Gasteiger partial charge < -0.3 is 5.32 Å². The lowest BCUT2D eigenvalue weighted by Gasteiger charge is -2.23. The Kier molecular flexibility index (Phi) is 5.11. The average Bonchev–Trinajstić information content (AvgIpc) is 2.81. The Morgan fingerprint density at radius 1 is 1.24 bits per heavy atom. The van der Waals surface area contributed by atoms with Crippen LogP contribution in [-0.4, -0.2) is 6.54 Å². The van der Waals surface area contributed by atoms with Gasteiger partial charge in [-0.05, 0) is 48.2 Å². The van der Waals surface area contributed by atoms with Gasteiger partial charge in [-0.15, -0.1) is 11.3 Å². The Labute approximate surface area is 134 Å². The number of thiophene rings is 1. The molecule has 21 heavy (non-hydrogen) atoms. The molecule has 6 heteroatoms. The van der Waals surface area contributed by atoms with Crippen LogP contribution in [0.1, 0.15) is 34.5 Å². The van der Waals surface area contributed by atoms with Crippen LogP contribution in [-0.2, 0) is 6.18 Å². The molecule has 1 N–H and O–H groups in total. The van der Waals surface area contributed by atoms with Gasteiger partial charge in [-0.2, -0.15) is 13.2 Å². The van der Waals surface area contributed by atoms with Gasteiger partial charge >= 0.3 is 6.18 Å². The van der Waals surface area contributed by atoms with E-state index >= 15 is 0 Å². The third-order valence-corrected chi connectivity index (χ3v) is 4.60. The number of benzene rings is 1. The van der Waals surface area contributed by atoms with Crippen molar-refractivity contribution in [2.24, 2.45) is 0 Å². The van der Waals surface area contributed by atoms with E-state index in [1.165, 1.54) is 17.4 Å². The van der Waals surface area contributed by atoms with Gasteiger partial charge in [0.25, 0.3) is 0 Å². The minimum absolute atomic E-state index is 0.258. The number of hydrogen-bond acceptors (Lipinski definition) is 2. The highest BCUT2D eigenvalue weighted by Gasteiger charge is 2.36. The summed E-state index contributed by atoms with van der Waals surface area (Å²) in [5.41, 5.74) is 0.553. The summed E-state index contributed by atoms with van der Waals surface area (Å²) in [6, 6.07) is 5.76. The molecule has 1 nitrogen and oxygen atoms in total. The number of nitrogens with one attached hydrogen (secondary N) is 1. The number of aryl methyl sites for hydroxylation is 1. The molecular weight excluding hydrogens is 363 g/mol. The van der Waals surface area contributed by atoms with E-state index in [-0.39, 0.29) is 5.56 Å². The molecule has 0 aliphatic rings. The Morgan fingerprint density at radius 3 is 2.48 bits per heavy atom. The van der Waals surface area contributed by atoms with Gasteiger partial charge in [0.2, 0.25) is 0 Å². The van der Waals surface area contributed by atoms with Gasteiger partial charge in [0.1, 0.15) is 0 Å². The van der Waals surface area contributed by atoms with E-state index in [0.29, 0.717) is 11.0 Å². The quantitative estimate of drug-likeness (QED) is 0.737. The molecule has 1 atom stereocenters. The van der Waals surface area contributed by atoms with Crippen molar-refractivity contribution in [3.05, 3.63) is 55.7 Å². The second-order valence-electron chi connectivity index (χ2n) is 4.65. The lowest BCUT2D eigenvalue weighted by atomic mass is 9.94. The summed E-state index contributed by atoms with van der Waals surface area (Å²) >= 11 is 4.66. The third kappa shape index (κ3) is 3.67. The zero-order valence-corrected chi connectivity index (χ0v) is 14.0. The molecular formula is C15H15BrF3NS. The van der Waals surface area contributed by atoms with Crippen LogP contribution in [0.4, 0.5) is 13.2 Å². The second-order valence-corrected chi connectivity index (χ2v) is 6.69. The van der Waals surface area contributed by atoms with Gasteiger partial charge in [0.15, 0.2) is 0 Å². The van der Waals surface area contributed by atoms with Crippen molar-refractivity contribution in [2.45, 2.75) is 26.1 Å². The van der Waals surface area contributed by atoms with Crippen LogP contribution < -0.4 is 5.32 Å². The van der Waals surface area contributed by atoms with Crippen molar-refractivity contribution in [3.63, 3.8) is 0 Å². The molecule has 2 aromatic rings. The smallest absolute Gasteiger partial charge is 0.306 e. The van der Waals surface area contributed by atoms with Crippen LogP contribution in [0.15, 0.2) is 34.1 Å². The first-order valence-corrected chi connectivity index (χ1v) is 8.16. The SMILES string of the molecule is CCNC(c1ccc(Br)cc1C(F)(F)F)c1ccsc1C. The summed E-state index contributed by atoms with van der Waals surface area (Å²) in [6.07, 6.45) is -4.38. The van der Waals surface area contributed by atoms with E-state index in [0.717, 1.165) is 16.5 Å². The topological polar surface area (TPSA) is 12.0 Å². The van der Waals surface area contributed by atoms with E-state index in [2.05, 4.69) is 21.2 Å². The molecule has 0 saturated carbocycles. The minimum Gasteiger partial charge on any atom is -0.306 e. The fraction of sp³-hybridized carbons (Fsp3) is 0.333. The molecule has 0 amide bonds. The van der Waals surface area contributed by atoms with Crippen LogP contribution in [0.5, 0.6) is 0 Å². The van der Waals surface area contributed by atoms with Crippen molar-refractivity contribution >= 4 is 27.3 Å². The lowest BCUT2D eigenvalue weighted by Crippen LogP contribution is -2.25. The number of rotatable bonds is 4. The maximum Gasteiger partial charge on any atom is 0.416 e.